The van der Waals surface area contributed by atoms with E-state index in [-0.39, 0.29) is 10.9 Å². The van der Waals surface area contributed by atoms with Crippen LogP contribution in [-0.2, 0) is 4.74 Å². The first-order valence-corrected chi connectivity index (χ1v) is 8.35. The number of carbonyl (C=O) groups is 2. The van der Waals surface area contributed by atoms with Crippen LogP contribution in [0.2, 0.25) is 0 Å². The summed E-state index contributed by atoms with van der Waals surface area (Å²) in [4.78, 5) is 29.2. The Labute approximate surface area is 132 Å². The topological polar surface area (TPSA) is 76.8 Å². The SMILES string of the molecule is CCCSc1nn(C(=O)OC(C)C)c(=NC(=O)N(C)C)s1. The van der Waals surface area contributed by atoms with E-state index in [1.165, 1.54) is 28.0 Å². The number of aromatic nitrogens is 2. The quantitative estimate of drug-likeness (QED) is 0.791. The molecule has 9 heteroatoms. The molecule has 0 spiro atoms. The number of hydrogen-bond donors (Lipinski definition) is 0. The van der Waals surface area contributed by atoms with Crippen LogP contribution in [0, 0.1) is 0 Å². The van der Waals surface area contributed by atoms with Crippen molar-refractivity contribution >= 4 is 35.2 Å². The fraction of sp³-hybridized carbons (Fsp3) is 0.667. The highest BCUT2D eigenvalue weighted by atomic mass is 32.2. The summed E-state index contributed by atoms with van der Waals surface area (Å²) >= 11 is 2.72. The highest BCUT2D eigenvalue weighted by Gasteiger charge is 2.16. The number of urea groups is 1. The second kappa shape index (κ2) is 8.18. The largest absolute Gasteiger partial charge is 0.445 e. The Hall–Kier alpha value is -1.35. The van der Waals surface area contributed by atoms with E-state index in [9.17, 15) is 9.59 Å². The lowest BCUT2D eigenvalue weighted by molar-refractivity contribution is 0.113. The molecule has 0 saturated heterocycles. The smallest absolute Gasteiger partial charge is 0.437 e. The van der Waals surface area contributed by atoms with Crippen LogP contribution >= 0.6 is 23.1 Å². The van der Waals surface area contributed by atoms with E-state index in [1.807, 2.05) is 0 Å². The normalized spacial score (nSPS) is 11.8. The number of amides is 2. The maximum atomic E-state index is 12.0. The van der Waals surface area contributed by atoms with Crippen molar-refractivity contribution in [1.29, 1.82) is 0 Å². The molecule has 0 aliphatic rings. The third kappa shape index (κ3) is 5.50. The predicted octanol–water partition coefficient (Wildman–Crippen LogP) is 2.42. The van der Waals surface area contributed by atoms with Gasteiger partial charge < -0.3 is 9.64 Å². The average Bonchev–Trinajstić information content (AvgIpc) is 2.78. The summed E-state index contributed by atoms with van der Waals surface area (Å²) in [5, 5.41) is 4.17. The van der Waals surface area contributed by atoms with Gasteiger partial charge in [-0.25, -0.2) is 9.59 Å². The second-order valence-electron chi connectivity index (χ2n) is 4.63. The standard InChI is InChI=1S/C12H20N4O3S2/c1-6-7-20-11-14-16(12(18)19-8(2)3)10(21-11)13-9(17)15(4)5/h8H,6-7H2,1-5H3. The van der Waals surface area contributed by atoms with Crippen molar-refractivity contribution in [2.24, 2.45) is 4.99 Å². The van der Waals surface area contributed by atoms with Gasteiger partial charge in [0, 0.05) is 19.8 Å². The zero-order valence-corrected chi connectivity index (χ0v) is 14.5. The van der Waals surface area contributed by atoms with Crippen LogP contribution < -0.4 is 4.80 Å². The van der Waals surface area contributed by atoms with E-state index < -0.39 is 12.1 Å². The van der Waals surface area contributed by atoms with Crippen molar-refractivity contribution < 1.29 is 14.3 Å². The Morgan fingerprint density at radius 1 is 1.48 bits per heavy atom. The van der Waals surface area contributed by atoms with Gasteiger partial charge in [-0.2, -0.15) is 4.99 Å². The molecule has 0 saturated carbocycles. The Kier molecular flexibility index (Phi) is 6.90. The van der Waals surface area contributed by atoms with Crippen LogP contribution in [0.25, 0.3) is 0 Å². The third-order valence-electron chi connectivity index (χ3n) is 2.05. The van der Waals surface area contributed by atoms with E-state index in [1.54, 1.807) is 27.9 Å². The van der Waals surface area contributed by atoms with Gasteiger partial charge in [-0.3, -0.25) is 0 Å². The van der Waals surface area contributed by atoms with Crippen LogP contribution in [0.4, 0.5) is 9.59 Å². The van der Waals surface area contributed by atoms with Gasteiger partial charge in [0.15, 0.2) is 4.34 Å². The molecule has 1 rings (SSSR count). The van der Waals surface area contributed by atoms with Crippen LogP contribution in [-0.4, -0.2) is 52.8 Å². The van der Waals surface area contributed by atoms with Gasteiger partial charge in [-0.1, -0.05) is 30.0 Å². The number of rotatable bonds is 4. The molecule has 0 unspecified atom stereocenters. The zero-order valence-electron chi connectivity index (χ0n) is 12.8. The lowest BCUT2D eigenvalue weighted by atomic mass is 10.5. The summed E-state index contributed by atoms with van der Waals surface area (Å²) < 4.78 is 6.84. The first-order chi connectivity index (χ1) is 9.85. The van der Waals surface area contributed by atoms with E-state index in [0.29, 0.717) is 4.34 Å². The van der Waals surface area contributed by atoms with Crippen LogP contribution in [0.1, 0.15) is 27.2 Å². The summed E-state index contributed by atoms with van der Waals surface area (Å²) in [6.45, 7) is 5.56. The lowest BCUT2D eigenvalue weighted by Gasteiger charge is -2.07. The molecule has 118 valence electrons. The number of thioether (sulfide) groups is 1. The van der Waals surface area contributed by atoms with Crippen LogP contribution in [0.3, 0.4) is 0 Å². The first-order valence-electron chi connectivity index (χ1n) is 6.55. The van der Waals surface area contributed by atoms with Gasteiger partial charge in [0.2, 0.25) is 4.80 Å². The molecule has 0 aliphatic heterocycles. The van der Waals surface area contributed by atoms with Crippen molar-refractivity contribution in [2.45, 2.75) is 37.6 Å². The molecule has 0 radical (unpaired) electrons. The molecule has 7 nitrogen and oxygen atoms in total. The second-order valence-corrected chi connectivity index (χ2v) is 6.93. The van der Waals surface area contributed by atoms with Crippen LogP contribution in [0.5, 0.6) is 0 Å². The Morgan fingerprint density at radius 2 is 2.14 bits per heavy atom. The maximum absolute atomic E-state index is 12.0. The summed E-state index contributed by atoms with van der Waals surface area (Å²) in [5.74, 6) is 0.883. The molecule has 1 aromatic heterocycles. The highest BCUT2D eigenvalue weighted by Crippen LogP contribution is 2.18. The highest BCUT2D eigenvalue weighted by molar-refractivity contribution is 8.00. The average molecular weight is 332 g/mol. The molecule has 1 heterocycles. The number of ether oxygens (including phenoxy) is 1. The van der Waals surface area contributed by atoms with Crippen molar-refractivity contribution in [2.75, 3.05) is 19.8 Å². The van der Waals surface area contributed by atoms with Crippen molar-refractivity contribution in [3.8, 4) is 0 Å². The number of hydrogen-bond acceptors (Lipinski definition) is 6. The maximum Gasteiger partial charge on any atom is 0.437 e. The fourth-order valence-electron chi connectivity index (χ4n) is 1.14. The summed E-state index contributed by atoms with van der Waals surface area (Å²) in [6, 6.07) is -0.447. The van der Waals surface area contributed by atoms with Gasteiger partial charge in [-0.15, -0.1) is 9.78 Å². The molecule has 1 aromatic rings. The number of nitrogens with zero attached hydrogens (tertiary/aromatic N) is 4. The van der Waals surface area contributed by atoms with Gasteiger partial charge in [0.05, 0.1) is 6.10 Å². The van der Waals surface area contributed by atoms with Gasteiger partial charge in [0.25, 0.3) is 0 Å². The van der Waals surface area contributed by atoms with Gasteiger partial charge >= 0.3 is 12.1 Å². The zero-order chi connectivity index (χ0) is 16.0. The van der Waals surface area contributed by atoms with Crippen molar-refractivity contribution in [1.82, 2.24) is 14.7 Å². The predicted molar refractivity (Wildman–Crippen MR) is 82.8 cm³/mol. The minimum atomic E-state index is -0.630. The fourth-order valence-corrected chi connectivity index (χ4v) is 2.97. The molecule has 0 aliphatic carbocycles. The third-order valence-corrected chi connectivity index (χ3v) is 4.30. The Morgan fingerprint density at radius 3 is 2.67 bits per heavy atom. The van der Waals surface area contributed by atoms with Gasteiger partial charge in [-0.05, 0) is 20.3 Å². The number of carbonyl (C=O) groups excluding carboxylic acids is 2. The molecule has 0 N–H and O–H groups in total. The summed E-state index contributed by atoms with van der Waals surface area (Å²) in [6.07, 6.45) is 0.0924. The minimum absolute atomic E-state index is 0.220. The molecular formula is C12H20N4O3S2. The Balaban J connectivity index is 3.16. The molecule has 0 bridgehead atoms. The van der Waals surface area contributed by atoms with Crippen molar-refractivity contribution in [3.63, 3.8) is 0 Å². The monoisotopic (exact) mass is 332 g/mol. The molecule has 0 atom stereocenters. The Bertz CT molecular complexity index is 563. The van der Waals surface area contributed by atoms with Gasteiger partial charge in [0.1, 0.15) is 0 Å². The van der Waals surface area contributed by atoms with Crippen molar-refractivity contribution in [3.05, 3.63) is 4.80 Å². The molecule has 0 fully saturated rings. The lowest BCUT2D eigenvalue weighted by Crippen LogP contribution is -2.30. The summed E-state index contributed by atoms with van der Waals surface area (Å²) in [7, 11) is 3.19. The molecule has 21 heavy (non-hydrogen) atoms. The molecule has 2 amide bonds. The van der Waals surface area contributed by atoms with E-state index in [2.05, 4.69) is 17.0 Å². The summed E-state index contributed by atoms with van der Waals surface area (Å²) in [5.41, 5.74) is 0. The molecular weight excluding hydrogens is 312 g/mol. The van der Waals surface area contributed by atoms with Crippen LogP contribution in [0.15, 0.2) is 9.33 Å². The van der Waals surface area contributed by atoms with E-state index in [4.69, 9.17) is 4.74 Å². The van der Waals surface area contributed by atoms with E-state index in [0.717, 1.165) is 16.9 Å². The molecule has 0 aromatic carbocycles. The minimum Gasteiger partial charge on any atom is -0.445 e. The first kappa shape index (κ1) is 17.7. The van der Waals surface area contributed by atoms with E-state index >= 15 is 0 Å².